The second kappa shape index (κ2) is 5.95. The maximum atomic E-state index is 10.5. The van der Waals surface area contributed by atoms with Crippen LogP contribution in [0.15, 0.2) is 0 Å². The summed E-state index contributed by atoms with van der Waals surface area (Å²) in [5.74, 6) is -0.0546. The molecular formula is C10H21O5S-. The quantitative estimate of drug-likeness (QED) is 0.654. The van der Waals surface area contributed by atoms with E-state index in [9.17, 15) is 18.1 Å². The first kappa shape index (κ1) is 15.8. The highest BCUT2D eigenvalue weighted by Gasteiger charge is 2.17. The van der Waals surface area contributed by atoms with Crippen molar-refractivity contribution in [1.82, 2.24) is 0 Å². The highest BCUT2D eigenvalue weighted by Crippen LogP contribution is 2.19. The highest BCUT2D eigenvalue weighted by molar-refractivity contribution is 7.86. The van der Waals surface area contributed by atoms with E-state index >= 15 is 0 Å². The van der Waals surface area contributed by atoms with Crippen LogP contribution in [0.3, 0.4) is 0 Å². The molecule has 0 unspecified atom stereocenters. The molecule has 0 heterocycles. The SMILES string of the molecule is C[C@H](CCCC(C)(C)O)C[C@H](O)S(=O)(=O)[O-]. The van der Waals surface area contributed by atoms with Crippen LogP contribution in [0.1, 0.15) is 46.5 Å². The average Bonchev–Trinajstić information content (AvgIpc) is 1.99. The zero-order valence-electron chi connectivity index (χ0n) is 10.0. The van der Waals surface area contributed by atoms with Gasteiger partial charge in [0.25, 0.3) is 0 Å². The number of rotatable bonds is 7. The molecule has 0 aliphatic heterocycles. The fourth-order valence-corrected chi connectivity index (χ4v) is 2.03. The van der Waals surface area contributed by atoms with Crippen LogP contribution in [0.2, 0.25) is 0 Å². The summed E-state index contributed by atoms with van der Waals surface area (Å²) in [6, 6.07) is 0. The van der Waals surface area contributed by atoms with Gasteiger partial charge in [-0.1, -0.05) is 19.8 Å². The summed E-state index contributed by atoms with van der Waals surface area (Å²) in [5, 5.41) is 18.5. The Morgan fingerprint density at radius 1 is 1.38 bits per heavy atom. The monoisotopic (exact) mass is 253 g/mol. The lowest BCUT2D eigenvalue weighted by atomic mass is 9.95. The molecule has 0 amide bonds. The van der Waals surface area contributed by atoms with E-state index in [0.717, 1.165) is 6.42 Å². The molecule has 0 fully saturated rings. The number of aliphatic hydroxyl groups is 2. The molecule has 0 rings (SSSR count). The summed E-state index contributed by atoms with van der Waals surface area (Å²) in [4.78, 5) is 0. The van der Waals surface area contributed by atoms with Gasteiger partial charge in [-0.3, -0.25) is 0 Å². The van der Waals surface area contributed by atoms with Gasteiger partial charge in [0.15, 0.2) is 0 Å². The Kier molecular flexibility index (Phi) is 5.89. The van der Waals surface area contributed by atoms with Crippen LogP contribution in [0.4, 0.5) is 0 Å². The Morgan fingerprint density at radius 3 is 2.25 bits per heavy atom. The minimum atomic E-state index is -4.60. The van der Waals surface area contributed by atoms with E-state index in [1.54, 1.807) is 20.8 Å². The van der Waals surface area contributed by atoms with Crippen molar-refractivity contribution in [2.45, 2.75) is 57.5 Å². The molecule has 0 aliphatic rings. The van der Waals surface area contributed by atoms with Gasteiger partial charge in [0.2, 0.25) is 0 Å². The molecule has 0 aliphatic carbocycles. The van der Waals surface area contributed by atoms with Gasteiger partial charge in [0, 0.05) is 0 Å². The van der Waals surface area contributed by atoms with Crippen molar-refractivity contribution < 1.29 is 23.2 Å². The van der Waals surface area contributed by atoms with Crippen LogP contribution in [0.5, 0.6) is 0 Å². The van der Waals surface area contributed by atoms with Crippen LogP contribution in [0, 0.1) is 5.92 Å². The van der Waals surface area contributed by atoms with E-state index in [1.807, 2.05) is 0 Å². The molecule has 0 aromatic carbocycles. The van der Waals surface area contributed by atoms with Gasteiger partial charge in [-0.05, 0) is 32.6 Å². The lowest BCUT2D eigenvalue weighted by molar-refractivity contribution is 0.0664. The van der Waals surface area contributed by atoms with Crippen molar-refractivity contribution in [1.29, 1.82) is 0 Å². The summed E-state index contributed by atoms with van der Waals surface area (Å²) in [5.41, 5.74) is -2.55. The van der Waals surface area contributed by atoms with Crippen molar-refractivity contribution in [2.75, 3.05) is 0 Å². The van der Waals surface area contributed by atoms with E-state index in [1.165, 1.54) is 0 Å². The molecule has 98 valence electrons. The Balaban J connectivity index is 3.88. The molecular weight excluding hydrogens is 232 g/mol. The van der Waals surface area contributed by atoms with Gasteiger partial charge < -0.3 is 14.8 Å². The fourth-order valence-electron chi connectivity index (χ4n) is 1.46. The second-order valence-electron chi connectivity index (χ2n) is 4.99. The van der Waals surface area contributed by atoms with E-state index in [0.29, 0.717) is 12.8 Å². The standard InChI is InChI=1S/C10H22O5S/c1-8(5-4-6-10(2,3)12)7-9(11)16(13,14)15/h8-9,11-12H,4-7H2,1-3H3,(H,13,14,15)/p-1/t8-,9-/m1/s1. The molecule has 0 radical (unpaired) electrons. The lowest BCUT2D eigenvalue weighted by Gasteiger charge is -2.21. The molecule has 6 heteroatoms. The minimum absolute atomic E-state index is 0.0440. The van der Waals surface area contributed by atoms with Crippen molar-refractivity contribution in [3.8, 4) is 0 Å². The largest absolute Gasteiger partial charge is 0.746 e. The van der Waals surface area contributed by atoms with Crippen molar-refractivity contribution in [3.63, 3.8) is 0 Å². The molecule has 0 spiro atoms. The minimum Gasteiger partial charge on any atom is -0.746 e. The summed E-state index contributed by atoms with van der Waals surface area (Å²) in [6.07, 6.45) is 1.97. The van der Waals surface area contributed by atoms with E-state index < -0.39 is 21.2 Å². The number of hydrogen-bond donors (Lipinski definition) is 2. The molecule has 5 nitrogen and oxygen atoms in total. The molecule has 2 N–H and O–H groups in total. The van der Waals surface area contributed by atoms with Crippen LogP contribution in [-0.2, 0) is 10.1 Å². The molecule has 0 bridgehead atoms. The smallest absolute Gasteiger partial charge is 0.143 e. The van der Waals surface area contributed by atoms with Gasteiger partial charge in [-0.15, -0.1) is 0 Å². The Labute approximate surface area is 97.2 Å². The van der Waals surface area contributed by atoms with E-state index in [-0.39, 0.29) is 12.3 Å². The van der Waals surface area contributed by atoms with Crippen molar-refractivity contribution in [3.05, 3.63) is 0 Å². The average molecular weight is 253 g/mol. The van der Waals surface area contributed by atoms with Crippen LogP contribution >= 0.6 is 0 Å². The normalized spacial score (nSPS) is 17.1. The predicted octanol–water partition coefficient (Wildman–Crippen LogP) is 0.817. The summed E-state index contributed by atoms with van der Waals surface area (Å²) >= 11 is 0. The number of hydrogen-bond acceptors (Lipinski definition) is 5. The zero-order valence-corrected chi connectivity index (χ0v) is 10.8. The summed E-state index contributed by atoms with van der Waals surface area (Å²) < 4.78 is 31.4. The lowest BCUT2D eigenvalue weighted by Crippen LogP contribution is -2.23. The second-order valence-corrected chi connectivity index (χ2v) is 6.52. The third-order valence-corrected chi connectivity index (χ3v) is 3.28. The first-order chi connectivity index (χ1) is 7.02. The predicted molar refractivity (Wildman–Crippen MR) is 59.6 cm³/mol. The first-order valence-electron chi connectivity index (χ1n) is 5.37. The number of aliphatic hydroxyl groups excluding tert-OH is 1. The van der Waals surface area contributed by atoms with Gasteiger partial charge >= 0.3 is 0 Å². The van der Waals surface area contributed by atoms with Crippen molar-refractivity contribution >= 4 is 10.1 Å². The zero-order chi connectivity index (χ0) is 13.0. The third-order valence-electron chi connectivity index (χ3n) is 2.42. The Hall–Kier alpha value is -0.170. The fraction of sp³-hybridized carbons (Fsp3) is 1.00. The van der Waals surface area contributed by atoms with Crippen LogP contribution in [0.25, 0.3) is 0 Å². The summed E-state index contributed by atoms with van der Waals surface area (Å²) in [6.45, 7) is 5.18. The molecule has 0 aromatic rings. The highest BCUT2D eigenvalue weighted by atomic mass is 32.2. The molecule has 16 heavy (non-hydrogen) atoms. The maximum absolute atomic E-state index is 10.5. The molecule has 2 atom stereocenters. The third kappa shape index (κ3) is 8.04. The van der Waals surface area contributed by atoms with Crippen molar-refractivity contribution in [2.24, 2.45) is 5.92 Å². The van der Waals surface area contributed by atoms with Gasteiger partial charge in [0.1, 0.15) is 15.6 Å². The maximum Gasteiger partial charge on any atom is 0.143 e. The Morgan fingerprint density at radius 2 is 1.88 bits per heavy atom. The van der Waals surface area contributed by atoms with Crippen LogP contribution in [-0.4, -0.2) is 34.2 Å². The Bertz CT molecular complexity index is 291. The molecule has 0 saturated carbocycles. The molecule has 0 aromatic heterocycles. The van der Waals surface area contributed by atoms with E-state index in [4.69, 9.17) is 5.11 Å². The summed E-state index contributed by atoms with van der Waals surface area (Å²) in [7, 11) is -4.60. The van der Waals surface area contributed by atoms with Gasteiger partial charge in [0.05, 0.1) is 5.60 Å². The van der Waals surface area contributed by atoms with Gasteiger partial charge in [-0.25, -0.2) is 8.42 Å². The molecule has 0 saturated heterocycles. The topological polar surface area (TPSA) is 97.7 Å². The van der Waals surface area contributed by atoms with E-state index in [2.05, 4.69) is 0 Å². The first-order valence-corrected chi connectivity index (χ1v) is 6.84. The van der Waals surface area contributed by atoms with Crippen LogP contribution < -0.4 is 0 Å². The van der Waals surface area contributed by atoms with Gasteiger partial charge in [-0.2, -0.15) is 0 Å².